The number of anilines is 1. The number of carbonyl (C=O) groups is 2. The van der Waals surface area contributed by atoms with E-state index in [1.807, 2.05) is 13.8 Å². The van der Waals surface area contributed by atoms with E-state index in [4.69, 9.17) is 9.47 Å². The lowest BCUT2D eigenvalue weighted by atomic mass is 10.1. The van der Waals surface area contributed by atoms with Crippen molar-refractivity contribution in [2.24, 2.45) is 0 Å². The van der Waals surface area contributed by atoms with Crippen LogP contribution in [0.5, 0.6) is 5.75 Å². The first kappa shape index (κ1) is 16.0. The van der Waals surface area contributed by atoms with Crippen molar-refractivity contribution in [3.8, 4) is 5.75 Å². The van der Waals surface area contributed by atoms with E-state index in [1.165, 1.54) is 4.90 Å². The smallest absolute Gasteiger partial charge is 0.292 e. The van der Waals surface area contributed by atoms with Crippen molar-refractivity contribution in [3.05, 3.63) is 24.3 Å². The molecule has 0 bridgehead atoms. The van der Waals surface area contributed by atoms with Crippen LogP contribution >= 0.6 is 0 Å². The van der Waals surface area contributed by atoms with E-state index in [1.54, 1.807) is 31.4 Å². The number of imide groups is 1. The van der Waals surface area contributed by atoms with Crippen molar-refractivity contribution >= 4 is 17.5 Å². The van der Waals surface area contributed by atoms with E-state index in [0.717, 1.165) is 18.0 Å². The van der Waals surface area contributed by atoms with Gasteiger partial charge >= 0.3 is 0 Å². The molecular formula is C17H23N2O4+. The topological polar surface area (TPSA) is 60.3 Å². The molecule has 2 heterocycles. The average molecular weight is 319 g/mol. The largest absolute Gasteiger partial charge is 0.497 e. The quantitative estimate of drug-likeness (QED) is 0.798. The van der Waals surface area contributed by atoms with Crippen molar-refractivity contribution in [1.82, 2.24) is 0 Å². The molecule has 0 aliphatic carbocycles. The normalized spacial score (nSPS) is 31.5. The first-order valence-electron chi connectivity index (χ1n) is 8.00. The number of quaternary nitrogens is 1. The second-order valence-corrected chi connectivity index (χ2v) is 6.35. The van der Waals surface area contributed by atoms with Gasteiger partial charge in [0.15, 0.2) is 6.04 Å². The predicted molar refractivity (Wildman–Crippen MR) is 84.6 cm³/mol. The Labute approximate surface area is 136 Å². The summed E-state index contributed by atoms with van der Waals surface area (Å²) in [5.74, 6) is 0.451. The zero-order valence-corrected chi connectivity index (χ0v) is 13.7. The first-order valence-corrected chi connectivity index (χ1v) is 8.00. The standard InChI is InChI=1S/C17H22N2O4/c1-11-9-18(10-12(2)23-11)15-8-16(20)19(17(15)21)13-4-6-14(22-3)7-5-13/h4-7,11-12,15H,8-10H2,1-3H3/p+1. The van der Waals surface area contributed by atoms with Crippen molar-refractivity contribution in [2.75, 3.05) is 25.1 Å². The minimum atomic E-state index is -0.307. The molecule has 2 aliphatic heterocycles. The molecule has 124 valence electrons. The summed E-state index contributed by atoms with van der Waals surface area (Å²) in [7, 11) is 1.58. The number of amides is 2. The van der Waals surface area contributed by atoms with E-state index < -0.39 is 0 Å². The third-order valence-corrected chi connectivity index (χ3v) is 4.53. The molecule has 3 atom stereocenters. The maximum Gasteiger partial charge on any atom is 0.292 e. The number of methoxy groups -OCH3 is 1. The van der Waals surface area contributed by atoms with E-state index >= 15 is 0 Å². The van der Waals surface area contributed by atoms with Gasteiger partial charge in [-0.15, -0.1) is 0 Å². The highest BCUT2D eigenvalue weighted by molar-refractivity contribution is 6.21. The van der Waals surface area contributed by atoms with Crippen molar-refractivity contribution in [2.45, 2.75) is 38.5 Å². The number of nitrogens with one attached hydrogen (secondary N) is 1. The van der Waals surface area contributed by atoms with Gasteiger partial charge in [-0.3, -0.25) is 9.59 Å². The summed E-state index contributed by atoms with van der Waals surface area (Å²) in [4.78, 5) is 27.6. The van der Waals surface area contributed by atoms with Crippen LogP contribution in [-0.2, 0) is 14.3 Å². The van der Waals surface area contributed by atoms with Crippen LogP contribution in [0.25, 0.3) is 0 Å². The Morgan fingerprint density at radius 1 is 1.13 bits per heavy atom. The zero-order valence-electron chi connectivity index (χ0n) is 13.7. The SMILES string of the molecule is COc1ccc(N2C(=O)CC([NH+]3CC(C)OC(C)C3)C2=O)cc1. The lowest BCUT2D eigenvalue weighted by Gasteiger charge is -2.34. The molecule has 23 heavy (non-hydrogen) atoms. The molecule has 0 spiro atoms. The van der Waals surface area contributed by atoms with Gasteiger partial charge in [0, 0.05) is 0 Å². The number of nitrogens with zero attached hydrogens (tertiary/aromatic N) is 1. The summed E-state index contributed by atoms with van der Waals surface area (Å²) < 4.78 is 10.8. The van der Waals surface area contributed by atoms with Gasteiger partial charge in [0.05, 0.1) is 19.2 Å². The molecule has 1 N–H and O–H groups in total. The summed E-state index contributed by atoms with van der Waals surface area (Å²) in [5, 5.41) is 0. The summed E-state index contributed by atoms with van der Waals surface area (Å²) in [6.45, 7) is 5.53. The van der Waals surface area contributed by atoms with Gasteiger partial charge in [-0.25, -0.2) is 4.90 Å². The molecule has 3 unspecified atom stereocenters. The van der Waals surface area contributed by atoms with Crippen LogP contribution in [0.1, 0.15) is 20.3 Å². The molecule has 1 aromatic carbocycles. The monoisotopic (exact) mass is 319 g/mol. The average Bonchev–Trinajstić information content (AvgIpc) is 2.81. The molecule has 6 nitrogen and oxygen atoms in total. The molecule has 3 rings (SSSR count). The van der Waals surface area contributed by atoms with Gasteiger partial charge in [0.25, 0.3) is 5.91 Å². The van der Waals surface area contributed by atoms with Crippen molar-refractivity contribution < 1.29 is 24.0 Å². The molecule has 2 aliphatic rings. The van der Waals surface area contributed by atoms with Crippen LogP contribution in [0.3, 0.4) is 0 Å². The van der Waals surface area contributed by atoms with E-state index in [0.29, 0.717) is 11.4 Å². The lowest BCUT2D eigenvalue weighted by Crippen LogP contribution is -3.19. The molecule has 2 amide bonds. The minimum Gasteiger partial charge on any atom is -0.497 e. The summed E-state index contributed by atoms with van der Waals surface area (Å²) in [6, 6.07) is 6.70. The van der Waals surface area contributed by atoms with Crippen molar-refractivity contribution in [1.29, 1.82) is 0 Å². The highest BCUT2D eigenvalue weighted by Crippen LogP contribution is 2.24. The van der Waals surface area contributed by atoms with Gasteiger partial charge in [-0.1, -0.05) is 0 Å². The lowest BCUT2D eigenvalue weighted by molar-refractivity contribution is -0.929. The highest BCUT2D eigenvalue weighted by atomic mass is 16.5. The van der Waals surface area contributed by atoms with Gasteiger partial charge in [-0.05, 0) is 38.1 Å². The molecule has 0 aromatic heterocycles. The fourth-order valence-corrected chi connectivity index (χ4v) is 3.55. The molecular weight excluding hydrogens is 296 g/mol. The number of rotatable bonds is 3. The predicted octanol–water partition coefficient (Wildman–Crippen LogP) is 0.0192. The highest BCUT2D eigenvalue weighted by Gasteiger charge is 2.47. The van der Waals surface area contributed by atoms with E-state index in [-0.39, 0.29) is 36.5 Å². The van der Waals surface area contributed by atoms with Crippen LogP contribution in [0, 0.1) is 0 Å². The Bertz CT molecular complexity index is 591. The van der Waals surface area contributed by atoms with E-state index in [2.05, 4.69) is 0 Å². The van der Waals surface area contributed by atoms with E-state index in [9.17, 15) is 9.59 Å². The Morgan fingerprint density at radius 2 is 1.74 bits per heavy atom. The first-order chi connectivity index (χ1) is 11.0. The maximum atomic E-state index is 12.8. The van der Waals surface area contributed by atoms with Crippen LogP contribution in [0.15, 0.2) is 24.3 Å². The fourth-order valence-electron chi connectivity index (χ4n) is 3.55. The van der Waals surface area contributed by atoms with Gasteiger partial charge in [0.2, 0.25) is 5.91 Å². The Kier molecular flexibility index (Phi) is 4.37. The molecule has 2 fully saturated rings. The molecule has 0 radical (unpaired) electrons. The molecule has 1 aromatic rings. The van der Waals surface area contributed by atoms with Gasteiger partial charge in [-0.2, -0.15) is 0 Å². The summed E-state index contributed by atoms with van der Waals surface area (Å²) in [5.41, 5.74) is 0.608. The van der Waals surface area contributed by atoms with Crippen LogP contribution in [0.2, 0.25) is 0 Å². The maximum absolute atomic E-state index is 12.8. The Balaban J connectivity index is 1.79. The Hall–Kier alpha value is -1.92. The zero-order chi connectivity index (χ0) is 16.6. The van der Waals surface area contributed by atoms with Crippen LogP contribution in [-0.4, -0.2) is 50.3 Å². The van der Waals surface area contributed by atoms with Crippen LogP contribution < -0.4 is 14.5 Å². The van der Waals surface area contributed by atoms with Gasteiger partial charge in [0.1, 0.15) is 31.0 Å². The van der Waals surface area contributed by atoms with Crippen LogP contribution in [0.4, 0.5) is 5.69 Å². The number of benzene rings is 1. The second-order valence-electron chi connectivity index (χ2n) is 6.35. The fraction of sp³-hybridized carbons (Fsp3) is 0.529. The Morgan fingerprint density at radius 3 is 2.30 bits per heavy atom. The summed E-state index contributed by atoms with van der Waals surface area (Å²) in [6.07, 6.45) is 0.470. The molecule has 6 heteroatoms. The minimum absolute atomic E-state index is 0.103. The second kappa shape index (κ2) is 6.29. The number of hydrogen-bond donors (Lipinski definition) is 1. The number of carbonyl (C=O) groups excluding carboxylic acids is 2. The third kappa shape index (κ3) is 3.09. The van der Waals surface area contributed by atoms with Gasteiger partial charge < -0.3 is 14.4 Å². The molecule has 2 saturated heterocycles. The van der Waals surface area contributed by atoms with Crippen molar-refractivity contribution in [3.63, 3.8) is 0 Å². The summed E-state index contributed by atoms with van der Waals surface area (Å²) >= 11 is 0. The molecule has 0 saturated carbocycles. The number of ether oxygens (including phenoxy) is 2. The number of morpholine rings is 1. The number of hydrogen-bond acceptors (Lipinski definition) is 4. The third-order valence-electron chi connectivity index (χ3n) is 4.53.